The summed E-state index contributed by atoms with van der Waals surface area (Å²) in [5, 5.41) is 4.81. The molecule has 2 aromatic carbocycles. The standard InChI is InChI=1S/C23H27F3N4O2/c1-29(2)20(16-9-10-19-15(12-16)6-5-11-30(19)3)14-27-21(31)22(32)28-18-8-4-7-17(13-18)23(24,25)26/h4,7-10,12-13,20H,5-6,11,14H2,1-3H3,(H,27,31)(H,28,32). The summed E-state index contributed by atoms with van der Waals surface area (Å²) in [7, 11) is 5.82. The van der Waals surface area contributed by atoms with Crippen LogP contribution in [0.5, 0.6) is 0 Å². The zero-order chi connectivity index (χ0) is 23.5. The van der Waals surface area contributed by atoms with Gasteiger partial charge in [-0.3, -0.25) is 9.59 Å². The molecule has 1 aliphatic rings. The molecule has 0 aliphatic carbocycles. The van der Waals surface area contributed by atoms with Gasteiger partial charge in [-0.25, -0.2) is 0 Å². The van der Waals surface area contributed by atoms with Crippen molar-refractivity contribution in [3.05, 3.63) is 59.2 Å². The molecule has 0 aromatic heterocycles. The van der Waals surface area contributed by atoms with Crippen LogP contribution in [0.25, 0.3) is 0 Å². The molecule has 3 rings (SSSR count). The van der Waals surface area contributed by atoms with Crippen LogP contribution in [-0.4, -0.2) is 50.9 Å². The van der Waals surface area contributed by atoms with E-state index in [1.807, 2.05) is 25.1 Å². The molecule has 2 amide bonds. The summed E-state index contributed by atoms with van der Waals surface area (Å²) < 4.78 is 38.5. The van der Waals surface area contributed by atoms with Crippen LogP contribution in [0.2, 0.25) is 0 Å². The Morgan fingerprint density at radius 2 is 1.88 bits per heavy atom. The zero-order valence-corrected chi connectivity index (χ0v) is 18.3. The van der Waals surface area contributed by atoms with Crippen LogP contribution in [0.3, 0.4) is 0 Å². The predicted molar refractivity (Wildman–Crippen MR) is 118 cm³/mol. The SMILES string of the molecule is CN1CCCc2cc(C(CNC(=O)C(=O)Nc3cccc(C(F)(F)F)c3)N(C)C)ccc21. The van der Waals surface area contributed by atoms with Crippen molar-refractivity contribution >= 4 is 23.2 Å². The molecule has 32 heavy (non-hydrogen) atoms. The molecule has 1 atom stereocenters. The Morgan fingerprint density at radius 3 is 2.56 bits per heavy atom. The number of nitrogens with zero attached hydrogens (tertiary/aromatic N) is 2. The number of carbonyl (C=O) groups is 2. The van der Waals surface area contributed by atoms with Gasteiger partial charge in [-0.1, -0.05) is 18.2 Å². The molecule has 0 fully saturated rings. The molecule has 1 heterocycles. The fourth-order valence-electron chi connectivity index (χ4n) is 3.84. The number of halogens is 3. The molecule has 2 N–H and O–H groups in total. The quantitative estimate of drug-likeness (QED) is 0.688. The van der Waals surface area contributed by atoms with Gasteiger partial charge in [0.25, 0.3) is 0 Å². The van der Waals surface area contributed by atoms with Crippen LogP contribution in [0.15, 0.2) is 42.5 Å². The second-order valence-corrected chi connectivity index (χ2v) is 8.14. The first kappa shape index (κ1) is 23.6. The number of likely N-dealkylation sites (N-methyl/N-ethyl adjacent to an activating group) is 1. The molecule has 0 saturated carbocycles. The molecule has 1 unspecified atom stereocenters. The molecule has 1 aliphatic heterocycles. The molecular formula is C23H27F3N4O2. The van der Waals surface area contributed by atoms with Gasteiger partial charge in [-0.05, 0) is 62.3 Å². The predicted octanol–water partition coefficient (Wildman–Crippen LogP) is 3.45. The van der Waals surface area contributed by atoms with Crippen LogP contribution >= 0.6 is 0 Å². The van der Waals surface area contributed by atoms with Gasteiger partial charge in [0, 0.05) is 31.5 Å². The van der Waals surface area contributed by atoms with Gasteiger partial charge >= 0.3 is 18.0 Å². The van der Waals surface area contributed by atoms with Gasteiger partial charge in [0.1, 0.15) is 0 Å². The number of carbonyl (C=O) groups excluding carboxylic acids is 2. The van der Waals surface area contributed by atoms with Gasteiger partial charge in [0.2, 0.25) is 0 Å². The zero-order valence-electron chi connectivity index (χ0n) is 18.3. The van der Waals surface area contributed by atoms with E-state index in [2.05, 4.69) is 34.7 Å². The first-order valence-corrected chi connectivity index (χ1v) is 10.3. The van der Waals surface area contributed by atoms with E-state index in [9.17, 15) is 22.8 Å². The summed E-state index contributed by atoms with van der Waals surface area (Å²) >= 11 is 0. The van der Waals surface area contributed by atoms with Crippen molar-refractivity contribution in [2.45, 2.75) is 25.1 Å². The van der Waals surface area contributed by atoms with Gasteiger partial charge < -0.3 is 20.4 Å². The number of nitrogens with one attached hydrogen (secondary N) is 2. The maximum absolute atomic E-state index is 12.8. The third-order valence-corrected chi connectivity index (χ3v) is 5.57. The largest absolute Gasteiger partial charge is 0.416 e. The highest BCUT2D eigenvalue weighted by atomic mass is 19.4. The molecule has 2 aromatic rings. The van der Waals surface area contributed by atoms with Crippen molar-refractivity contribution in [3.8, 4) is 0 Å². The van der Waals surface area contributed by atoms with E-state index in [1.165, 1.54) is 23.4 Å². The number of rotatable bonds is 5. The first-order valence-electron chi connectivity index (χ1n) is 10.3. The smallest absolute Gasteiger partial charge is 0.374 e. The lowest BCUT2D eigenvalue weighted by atomic mass is 9.96. The molecule has 0 spiro atoms. The fraction of sp³-hybridized carbons (Fsp3) is 0.391. The van der Waals surface area contributed by atoms with Crippen LogP contribution in [-0.2, 0) is 22.2 Å². The Morgan fingerprint density at radius 1 is 1.12 bits per heavy atom. The van der Waals surface area contributed by atoms with Crippen molar-refractivity contribution in [1.29, 1.82) is 0 Å². The number of benzene rings is 2. The maximum atomic E-state index is 12.8. The number of anilines is 2. The lowest BCUT2D eigenvalue weighted by Crippen LogP contribution is -2.40. The molecule has 0 bridgehead atoms. The van der Waals surface area contributed by atoms with Crippen molar-refractivity contribution in [2.75, 3.05) is 44.4 Å². The lowest BCUT2D eigenvalue weighted by Gasteiger charge is -2.30. The number of amides is 2. The van der Waals surface area contributed by atoms with Crippen molar-refractivity contribution in [2.24, 2.45) is 0 Å². The van der Waals surface area contributed by atoms with Crippen LogP contribution in [0, 0.1) is 0 Å². The van der Waals surface area contributed by atoms with E-state index < -0.39 is 23.6 Å². The monoisotopic (exact) mass is 448 g/mol. The Balaban J connectivity index is 1.65. The van der Waals surface area contributed by atoms with Crippen molar-refractivity contribution in [3.63, 3.8) is 0 Å². The maximum Gasteiger partial charge on any atom is 0.416 e. The minimum atomic E-state index is -4.54. The summed E-state index contributed by atoms with van der Waals surface area (Å²) in [6.45, 7) is 1.19. The minimum Gasteiger partial charge on any atom is -0.374 e. The van der Waals surface area contributed by atoms with Gasteiger partial charge in [0.05, 0.1) is 11.6 Å². The highest BCUT2D eigenvalue weighted by molar-refractivity contribution is 6.39. The third-order valence-electron chi connectivity index (χ3n) is 5.57. The number of alkyl halides is 3. The Kier molecular flexibility index (Phi) is 7.08. The summed E-state index contributed by atoms with van der Waals surface area (Å²) in [6, 6.07) is 10.2. The van der Waals surface area contributed by atoms with E-state index in [0.717, 1.165) is 37.1 Å². The van der Waals surface area contributed by atoms with Crippen molar-refractivity contribution in [1.82, 2.24) is 10.2 Å². The second-order valence-electron chi connectivity index (χ2n) is 8.14. The minimum absolute atomic E-state index is 0.0945. The lowest BCUT2D eigenvalue weighted by molar-refractivity contribution is -0.137. The molecule has 172 valence electrons. The van der Waals surface area contributed by atoms with E-state index >= 15 is 0 Å². The molecule has 9 heteroatoms. The van der Waals surface area contributed by atoms with Crippen LogP contribution in [0.1, 0.15) is 29.2 Å². The summed E-state index contributed by atoms with van der Waals surface area (Å²) in [5.74, 6) is -1.93. The number of hydrogen-bond acceptors (Lipinski definition) is 4. The highest BCUT2D eigenvalue weighted by Crippen LogP contribution is 2.31. The Bertz CT molecular complexity index is 991. The van der Waals surface area contributed by atoms with Gasteiger partial charge in [-0.2, -0.15) is 13.2 Å². The number of hydrogen-bond donors (Lipinski definition) is 2. The Labute approximate surface area is 185 Å². The first-order chi connectivity index (χ1) is 15.1. The van der Waals surface area contributed by atoms with Gasteiger partial charge in [-0.15, -0.1) is 0 Å². The number of aryl methyl sites for hydroxylation is 1. The summed E-state index contributed by atoms with van der Waals surface area (Å²) in [5.41, 5.74) is 2.46. The average molecular weight is 448 g/mol. The van der Waals surface area contributed by atoms with Crippen LogP contribution < -0.4 is 15.5 Å². The summed E-state index contributed by atoms with van der Waals surface area (Å²) in [6.07, 6.45) is -2.48. The molecule has 6 nitrogen and oxygen atoms in total. The normalized spacial score (nSPS) is 14.7. The molecule has 0 radical (unpaired) electrons. The van der Waals surface area contributed by atoms with Gasteiger partial charge in [0.15, 0.2) is 0 Å². The molecule has 0 saturated heterocycles. The van der Waals surface area contributed by atoms with E-state index in [0.29, 0.717) is 0 Å². The summed E-state index contributed by atoms with van der Waals surface area (Å²) in [4.78, 5) is 28.6. The van der Waals surface area contributed by atoms with Crippen molar-refractivity contribution < 1.29 is 22.8 Å². The van der Waals surface area contributed by atoms with Crippen LogP contribution in [0.4, 0.5) is 24.5 Å². The molecular weight excluding hydrogens is 421 g/mol. The van der Waals surface area contributed by atoms with E-state index in [1.54, 1.807) is 0 Å². The van der Waals surface area contributed by atoms with E-state index in [-0.39, 0.29) is 18.3 Å². The second kappa shape index (κ2) is 9.60. The fourth-order valence-corrected chi connectivity index (χ4v) is 3.84. The number of fused-ring (bicyclic) bond motifs is 1. The topological polar surface area (TPSA) is 64.7 Å². The highest BCUT2D eigenvalue weighted by Gasteiger charge is 2.30. The Hall–Kier alpha value is -3.07. The van der Waals surface area contributed by atoms with E-state index in [4.69, 9.17) is 0 Å². The average Bonchev–Trinajstić information content (AvgIpc) is 2.73. The third kappa shape index (κ3) is 5.59.